The molecule has 1 fully saturated rings. The van der Waals surface area contributed by atoms with Crippen molar-refractivity contribution in [3.63, 3.8) is 0 Å². The first kappa shape index (κ1) is 12.4. The van der Waals surface area contributed by atoms with E-state index in [9.17, 15) is 4.79 Å². The van der Waals surface area contributed by atoms with E-state index in [1.807, 2.05) is 37.3 Å². The lowest BCUT2D eigenvalue weighted by molar-refractivity contribution is -0.143. The largest absolute Gasteiger partial charge is 0.466 e. The van der Waals surface area contributed by atoms with Crippen molar-refractivity contribution in [1.29, 1.82) is 0 Å². The zero-order valence-corrected chi connectivity index (χ0v) is 10.7. The smallest absolute Gasteiger partial charge is 0.357 e. The second kappa shape index (κ2) is 4.31. The van der Waals surface area contributed by atoms with Crippen molar-refractivity contribution in [1.82, 2.24) is 0 Å². The van der Waals surface area contributed by atoms with Crippen LogP contribution in [0.25, 0.3) is 0 Å². The summed E-state index contributed by atoms with van der Waals surface area (Å²) in [5.41, 5.74) is 0.462. The summed E-state index contributed by atoms with van der Waals surface area (Å²) < 4.78 is 10.2. The van der Waals surface area contributed by atoms with Gasteiger partial charge >= 0.3 is 5.97 Å². The zero-order chi connectivity index (χ0) is 12.5. The van der Waals surface area contributed by atoms with Crippen LogP contribution in [0.15, 0.2) is 30.3 Å². The molecular formula is C13H15ClO3. The van der Waals surface area contributed by atoms with Gasteiger partial charge in [-0.05, 0) is 12.0 Å². The maximum Gasteiger partial charge on any atom is 0.357 e. The van der Waals surface area contributed by atoms with Crippen molar-refractivity contribution >= 4 is 17.6 Å². The van der Waals surface area contributed by atoms with Crippen molar-refractivity contribution in [3.8, 4) is 0 Å². The normalized spacial score (nSPS) is 31.0. The monoisotopic (exact) mass is 254 g/mol. The Labute approximate surface area is 106 Å². The van der Waals surface area contributed by atoms with E-state index in [2.05, 4.69) is 4.74 Å². The van der Waals surface area contributed by atoms with Gasteiger partial charge in [-0.25, -0.2) is 4.79 Å². The van der Waals surface area contributed by atoms with Crippen molar-refractivity contribution in [2.24, 2.45) is 0 Å². The molecule has 0 bridgehead atoms. The van der Waals surface area contributed by atoms with Gasteiger partial charge in [0.1, 0.15) is 5.60 Å². The van der Waals surface area contributed by atoms with Crippen LogP contribution in [0, 0.1) is 0 Å². The maximum absolute atomic E-state index is 11.6. The summed E-state index contributed by atoms with van der Waals surface area (Å²) in [5.74, 6) is -0.517. The van der Waals surface area contributed by atoms with E-state index in [-0.39, 0.29) is 0 Å². The molecular weight excluding hydrogens is 240 g/mol. The first-order valence-electron chi connectivity index (χ1n) is 5.59. The van der Waals surface area contributed by atoms with Gasteiger partial charge in [-0.15, -0.1) is 0 Å². The van der Waals surface area contributed by atoms with E-state index < -0.39 is 16.6 Å². The van der Waals surface area contributed by atoms with E-state index >= 15 is 0 Å². The quantitative estimate of drug-likeness (QED) is 0.471. The minimum absolute atomic E-state index is 0.517. The van der Waals surface area contributed by atoms with Crippen molar-refractivity contribution in [2.75, 3.05) is 7.11 Å². The lowest BCUT2D eigenvalue weighted by Crippen LogP contribution is -2.31. The summed E-state index contributed by atoms with van der Waals surface area (Å²) >= 11 is 6.17. The minimum Gasteiger partial charge on any atom is -0.466 e. The molecule has 1 aliphatic rings. The Bertz CT molecular complexity index is 420. The molecule has 0 amide bonds. The Morgan fingerprint density at radius 3 is 2.59 bits per heavy atom. The maximum atomic E-state index is 11.6. The number of methoxy groups -OCH3 is 1. The van der Waals surface area contributed by atoms with Gasteiger partial charge in [0.15, 0.2) is 0 Å². The van der Waals surface area contributed by atoms with Gasteiger partial charge in [-0.1, -0.05) is 48.9 Å². The van der Waals surface area contributed by atoms with Crippen LogP contribution in [0.5, 0.6) is 0 Å². The predicted octanol–water partition coefficient (Wildman–Crippen LogP) is 2.52. The lowest BCUT2D eigenvalue weighted by Gasteiger charge is -2.12. The summed E-state index contributed by atoms with van der Waals surface area (Å²) in [6, 6.07) is 9.84. The highest BCUT2D eigenvalue weighted by Crippen LogP contribution is 2.56. The number of benzene rings is 1. The van der Waals surface area contributed by atoms with Gasteiger partial charge in [0.2, 0.25) is 0 Å². The fourth-order valence-corrected chi connectivity index (χ4v) is 2.53. The molecule has 1 heterocycles. The van der Waals surface area contributed by atoms with Crippen LogP contribution < -0.4 is 0 Å². The first-order chi connectivity index (χ1) is 8.08. The van der Waals surface area contributed by atoms with Gasteiger partial charge in [0, 0.05) is 6.42 Å². The van der Waals surface area contributed by atoms with Crippen LogP contribution in [0.3, 0.4) is 0 Å². The predicted molar refractivity (Wildman–Crippen MR) is 64.9 cm³/mol. The molecule has 0 radical (unpaired) electrons. The molecule has 4 heteroatoms. The Balaban J connectivity index is 2.17. The van der Waals surface area contributed by atoms with E-state index in [4.69, 9.17) is 16.3 Å². The fraction of sp³-hybridized carbons (Fsp3) is 0.462. The van der Waals surface area contributed by atoms with Crippen LogP contribution >= 0.6 is 11.6 Å². The molecule has 2 rings (SSSR count). The number of hydrogen-bond donors (Lipinski definition) is 0. The third-order valence-corrected chi connectivity index (χ3v) is 3.81. The topological polar surface area (TPSA) is 38.8 Å². The van der Waals surface area contributed by atoms with Gasteiger partial charge < -0.3 is 9.47 Å². The van der Waals surface area contributed by atoms with E-state index in [0.717, 1.165) is 5.56 Å². The molecule has 0 aromatic heterocycles. The molecule has 0 N–H and O–H groups in total. The highest BCUT2D eigenvalue weighted by atomic mass is 35.5. The van der Waals surface area contributed by atoms with Crippen molar-refractivity contribution in [2.45, 2.75) is 30.4 Å². The molecule has 0 saturated carbocycles. The van der Waals surface area contributed by atoms with Gasteiger partial charge in [-0.3, -0.25) is 0 Å². The molecule has 1 aliphatic heterocycles. The molecule has 0 aliphatic carbocycles. The van der Waals surface area contributed by atoms with Gasteiger partial charge in [-0.2, -0.15) is 0 Å². The third-order valence-electron chi connectivity index (χ3n) is 3.23. The Kier molecular flexibility index (Phi) is 3.15. The molecule has 1 aromatic carbocycles. The Morgan fingerprint density at radius 1 is 1.41 bits per heavy atom. The number of carbonyl (C=O) groups excluding carboxylic acids is 1. The Hall–Kier alpha value is -1.06. The molecule has 1 aromatic rings. The van der Waals surface area contributed by atoms with Crippen LogP contribution in [-0.2, 0) is 20.7 Å². The van der Waals surface area contributed by atoms with Crippen molar-refractivity contribution < 1.29 is 14.3 Å². The lowest BCUT2D eigenvalue weighted by atomic mass is 9.93. The number of hydrogen-bond acceptors (Lipinski definition) is 3. The number of esters is 1. The molecule has 2 unspecified atom stereocenters. The molecule has 3 nitrogen and oxygen atoms in total. The van der Waals surface area contributed by atoms with Crippen LogP contribution in [0.4, 0.5) is 0 Å². The molecule has 92 valence electrons. The summed E-state index contributed by atoms with van der Waals surface area (Å²) in [6.45, 7) is 1.95. The highest BCUT2D eigenvalue weighted by molar-refractivity contribution is 6.36. The summed E-state index contributed by atoms with van der Waals surface area (Å²) in [6.07, 6.45) is 1.28. The molecule has 2 atom stereocenters. The SMILES string of the molecule is CCC1(Cc2ccccc2)OC1(Cl)C(=O)OC. The summed E-state index contributed by atoms with van der Waals surface area (Å²) in [7, 11) is 1.32. The number of ether oxygens (including phenoxy) is 2. The average Bonchev–Trinajstić information content (AvgIpc) is 2.96. The minimum atomic E-state index is -1.31. The van der Waals surface area contributed by atoms with Crippen LogP contribution in [-0.4, -0.2) is 23.7 Å². The van der Waals surface area contributed by atoms with E-state index in [1.54, 1.807) is 0 Å². The number of carbonyl (C=O) groups is 1. The third kappa shape index (κ3) is 1.94. The standard InChI is InChI=1S/C13H15ClO3/c1-3-12(9-10-7-5-4-6-8-10)13(14,17-12)11(15)16-2/h4-8H,3,9H2,1-2H3. The number of halogens is 1. The van der Waals surface area contributed by atoms with E-state index in [0.29, 0.717) is 12.8 Å². The van der Waals surface area contributed by atoms with E-state index in [1.165, 1.54) is 7.11 Å². The summed E-state index contributed by atoms with van der Waals surface area (Å²) in [5, 5.41) is -1.31. The second-order valence-electron chi connectivity index (χ2n) is 4.20. The van der Waals surface area contributed by atoms with Crippen LogP contribution in [0.2, 0.25) is 0 Å². The zero-order valence-electron chi connectivity index (χ0n) is 9.90. The van der Waals surface area contributed by atoms with Crippen molar-refractivity contribution in [3.05, 3.63) is 35.9 Å². The molecule has 17 heavy (non-hydrogen) atoms. The van der Waals surface area contributed by atoms with Gasteiger partial charge in [0.05, 0.1) is 7.11 Å². The summed E-state index contributed by atoms with van der Waals surface area (Å²) in [4.78, 5) is 11.6. The van der Waals surface area contributed by atoms with Gasteiger partial charge in [0.25, 0.3) is 5.06 Å². The first-order valence-corrected chi connectivity index (χ1v) is 5.97. The molecule has 1 saturated heterocycles. The second-order valence-corrected chi connectivity index (χ2v) is 4.73. The number of rotatable bonds is 4. The number of alkyl halides is 1. The average molecular weight is 255 g/mol. The Morgan fingerprint density at radius 2 is 2.06 bits per heavy atom. The molecule has 0 spiro atoms. The van der Waals surface area contributed by atoms with Crippen LogP contribution in [0.1, 0.15) is 18.9 Å². The fourth-order valence-electron chi connectivity index (χ4n) is 2.10. The highest BCUT2D eigenvalue weighted by Gasteiger charge is 2.74. The number of epoxide rings is 1.